The van der Waals surface area contributed by atoms with Gasteiger partial charge in [-0.2, -0.15) is 0 Å². The van der Waals surface area contributed by atoms with Gasteiger partial charge in [0.05, 0.1) is 0 Å². The van der Waals surface area contributed by atoms with E-state index in [1.807, 2.05) is 0 Å². The molecule has 30 heavy (non-hydrogen) atoms. The van der Waals surface area contributed by atoms with Crippen molar-refractivity contribution in [2.45, 2.75) is 69.4 Å². The minimum Gasteiger partial charge on any atom is -1.00 e. The summed E-state index contributed by atoms with van der Waals surface area (Å²) < 4.78 is 2.46. The van der Waals surface area contributed by atoms with Gasteiger partial charge in [-0.25, -0.2) is 0 Å². The molecule has 0 N–H and O–H groups in total. The van der Waals surface area contributed by atoms with Crippen LogP contribution in [-0.4, -0.2) is 0 Å². The van der Waals surface area contributed by atoms with Crippen molar-refractivity contribution in [3.8, 4) is 11.1 Å². The van der Waals surface area contributed by atoms with Gasteiger partial charge in [0, 0.05) is 0 Å². The van der Waals surface area contributed by atoms with E-state index in [-0.39, 0.29) is 35.6 Å². The summed E-state index contributed by atoms with van der Waals surface area (Å²) in [6, 6.07) is 14.6. The number of hydrogen-bond acceptors (Lipinski definition) is 0. The zero-order valence-electron chi connectivity index (χ0n) is 19.2. The molecule has 0 aliphatic heterocycles. The second-order valence-electron chi connectivity index (χ2n) is 10.4. The third kappa shape index (κ3) is 4.74. The molecule has 2 aliphatic rings. The Bertz CT molecular complexity index is 937. The fraction of sp³-hybridized carbons (Fsp3) is 0.407. The zero-order valence-corrected chi connectivity index (χ0v) is 24.3. The third-order valence-corrected chi connectivity index (χ3v) is 12.9. The van der Waals surface area contributed by atoms with Gasteiger partial charge in [-0.1, -0.05) is 0 Å². The van der Waals surface area contributed by atoms with Gasteiger partial charge in [-0.15, -0.1) is 0 Å². The number of halogens is 2. The van der Waals surface area contributed by atoms with Crippen LogP contribution in [0.5, 0.6) is 0 Å². The first kappa shape index (κ1) is 25.6. The van der Waals surface area contributed by atoms with E-state index in [2.05, 4.69) is 97.0 Å². The average molecular weight is 606 g/mol. The van der Waals surface area contributed by atoms with Gasteiger partial charge in [0.15, 0.2) is 0 Å². The molecular formula is C27H32Cl2Hf. The van der Waals surface area contributed by atoms with Gasteiger partial charge < -0.3 is 24.8 Å². The number of rotatable bonds is 2. The molecular weight excluding hydrogens is 574 g/mol. The summed E-state index contributed by atoms with van der Waals surface area (Å²) in [6.45, 7) is 16.3. The van der Waals surface area contributed by atoms with E-state index in [0.717, 1.165) is 0 Å². The SMILES string of the molecule is CC1=[C]([Hf+2][CH]2c3cc(C(C)(C)C)ccc3-c3ccc(C(C)(C)C)cc32)CC=C1.[Cl-].[Cl-]. The summed E-state index contributed by atoms with van der Waals surface area (Å²) in [5.74, 6) is 0. The minimum atomic E-state index is -1.02. The van der Waals surface area contributed by atoms with Crippen LogP contribution in [0.3, 0.4) is 0 Å². The largest absolute Gasteiger partial charge is 1.00 e. The van der Waals surface area contributed by atoms with Crippen LogP contribution in [0.4, 0.5) is 0 Å². The van der Waals surface area contributed by atoms with Crippen molar-refractivity contribution in [1.82, 2.24) is 0 Å². The molecule has 2 aromatic carbocycles. The van der Waals surface area contributed by atoms with Gasteiger partial charge in [0.25, 0.3) is 0 Å². The summed E-state index contributed by atoms with van der Waals surface area (Å²) in [5, 5.41) is 0. The Morgan fingerprint density at radius 1 is 0.767 bits per heavy atom. The molecule has 158 valence electrons. The number of fused-ring (bicyclic) bond motifs is 3. The van der Waals surface area contributed by atoms with E-state index >= 15 is 0 Å². The summed E-state index contributed by atoms with van der Waals surface area (Å²) in [4.78, 5) is 0. The van der Waals surface area contributed by atoms with Crippen molar-refractivity contribution >= 4 is 0 Å². The molecule has 0 amide bonds. The first-order chi connectivity index (χ1) is 13.1. The summed E-state index contributed by atoms with van der Waals surface area (Å²) in [6.07, 6.45) is 5.91. The Morgan fingerprint density at radius 2 is 1.23 bits per heavy atom. The van der Waals surface area contributed by atoms with Crippen LogP contribution in [0.25, 0.3) is 11.1 Å². The van der Waals surface area contributed by atoms with E-state index in [1.54, 1.807) is 20.0 Å². The molecule has 0 fully saturated rings. The molecule has 0 unspecified atom stereocenters. The van der Waals surface area contributed by atoms with E-state index in [0.29, 0.717) is 3.67 Å². The molecule has 0 saturated heterocycles. The first-order valence-corrected chi connectivity index (χ1v) is 14.3. The summed E-state index contributed by atoms with van der Waals surface area (Å²) >= 11 is -1.02. The Morgan fingerprint density at radius 3 is 1.60 bits per heavy atom. The van der Waals surface area contributed by atoms with Crippen molar-refractivity contribution < 1.29 is 47.7 Å². The Kier molecular flexibility index (Phi) is 7.76. The Labute approximate surface area is 206 Å². The average Bonchev–Trinajstić information content (AvgIpc) is 3.15. The van der Waals surface area contributed by atoms with Gasteiger partial charge in [-0.3, -0.25) is 0 Å². The summed E-state index contributed by atoms with van der Waals surface area (Å²) in [7, 11) is 0. The Balaban J connectivity index is 0.00000160. The van der Waals surface area contributed by atoms with E-state index in [1.165, 1.54) is 28.7 Å². The molecule has 0 heterocycles. The van der Waals surface area contributed by atoms with E-state index in [4.69, 9.17) is 0 Å². The zero-order chi connectivity index (χ0) is 20.3. The molecule has 0 bridgehead atoms. The maximum absolute atomic E-state index is 2.54. The standard InChI is InChI=1S/C21H25.C6H7.2ClH.Hf/c1-20(2,3)16-7-9-18-14(12-16)11-15-13-17(21(4,5)6)8-10-19(15)18;1-6-4-2-3-5-6;;;/h7-13H,1-6H3;2,4H,3H2,1H3;2*1H;/q;;;;+2/p-2. The van der Waals surface area contributed by atoms with Crippen LogP contribution >= 0.6 is 0 Å². The fourth-order valence-electron chi connectivity index (χ4n) is 4.31. The second kappa shape index (κ2) is 9.08. The molecule has 0 nitrogen and oxygen atoms in total. The van der Waals surface area contributed by atoms with Gasteiger partial charge in [-0.05, 0) is 0 Å². The van der Waals surface area contributed by atoms with Gasteiger partial charge >= 0.3 is 183 Å². The molecule has 0 saturated carbocycles. The van der Waals surface area contributed by atoms with Crippen LogP contribution in [0.15, 0.2) is 57.5 Å². The van der Waals surface area contributed by atoms with E-state index < -0.39 is 22.9 Å². The normalized spacial score (nSPS) is 15.3. The smallest absolute Gasteiger partial charge is 1.00 e. The molecule has 4 rings (SSSR count). The first-order valence-electron chi connectivity index (χ1n) is 10.5. The quantitative estimate of drug-likeness (QED) is 0.458. The van der Waals surface area contributed by atoms with E-state index in [9.17, 15) is 0 Å². The molecule has 2 aromatic rings. The number of allylic oxidation sites excluding steroid dienone is 4. The van der Waals surface area contributed by atoms with Crippen molar-refractivity contribution in [2.75, 3.05) is 0 Å². The van der Waals surface area contributed by atoms with Crippen LogP contribution < -0.4 is 24.8 Å². The molecule has 0 radical (unpaired) electrons. The van der Waals surface area contributed by atoms with Crippen LogP contribution in [-0.2, 0) is 33.7 Å². The monoisotopic (exact) mass is 606 g/mol. The van der Waals surface area contributed by atoms with Gasteiger partial charge in [0.2, 0.25) is 0 Å². The number of hydrogen-bond donors (Lipinski definition) is 0. The topological polar surface area (TPSA) is 0 Å². The molecule has 2 aliphatic carbocycles. The van der Waals surface area contributed by atoms with Crippen molar-refractivity contribution in [3.63, 3.8) is 0 Å². The Hall–Kier alpha value is -0.630. The maximum atomic E-state index is 2.54. The van der Waals surface area contributed by atoms with Crippen LogP contribution in [0.1, 0.15) is 80.8 Å². The molecule has 0 spiro atoms. The van der Waals surface area contributed by atoms with Crippen molar-refractivity contribution in [2.24, 2.45) is 0 Å². The molecule has 0 atom stereocenters. The third-order valence-electron chi connectivity index (χ3n) is 6.23. The van der Waals surface area contributed by atoms with Crippen molar-refractivity contribution in [3.05, 3.63) is 79.7 Å². The molecule has 3 heteroatoms. The van der Waals surface area contributed by atoms with Crippen molar-refractivity contribution in [1.29, 1.82) is 0 Å². The minimum absolute atomic E-state index is 0. The second-order valence-corrected chi connectivity index (χ2v) is 15.7. The van der Waals surface area contributed by atoms with Crippen LogP contribution in [0, 0.1) is 0 Å². The maximum Gasteiger partial charge on any atom is -1.00 e. The molecule has 0 aromatic heterocycles. The fourth-order valence-corrected chi connectivity index (χ4v) is 10.4. The predicted octanol–water partition coefficient (Wildman–Crippen LogP) is 1.68. The number of benzene rings is 2. The predicted molar refractivity (Wildman–Crippen MR) is 118 cm³/mol. The van der Waals surface area contributed by atoms with Crippen LogP contribution in [0.2, 0.25) is 0 Å². The van der Waals surface area contributed by atoms with Gasteiger partial charge in [0.1, 0.15) is 0 Å². The summed E-state index contributed by atoms with van der Waals surface area (Å²) in [5.41, 5.74) is 11.1.